The molecule has 2 atom stereocenters. The zero-order valence-corrected chi connectivity index (χ0v) is 8.70. The van der Waals surface area contributed by atoms with Crippen LogP contribution in [0.4, 0.5) is 0 Å². The molecule has 0 amide bonds. The Balaban J connectivity index is 2.29. The van der Waals surface area contributed by atoms with Gasteiger partial charge in [-0.2, -0.15) is 0 Å². The molecule has 1 aliphatic heterocycles. The molecule has 0 radical (unpaired) electrons. The van der Waals surface area contributed by atoms with Crippen LogP contribution >= 0.6 is 0 Å². The lowest BCUT2D eigenvalue weighted by atomic mass is 10.0. The molecule has 80 valence electrons. The van der Waals surface area contributed by atoms with Gasteiger partial charge in [-0.3, -0.25) is 4.79 Å². The molecule has 0 N–H and O–H groups in total. The monoisotopic (exact) mass is 198 g/mol. The van der Waals surface area contributed by atoms with Crippen LogP contribution in [-0.2, 0) is 14.3 Å². The molecule has 3 heteroatoms. The Labute approximate surface area is 85.1 Å². The van der Waals surface area contributed by atoms with Crippen LogP contribution in [0.15, 0.2) is 12.7 Å². The summed E-state index contributed by atoms with van der Waals surface area (Å²) in [6.07, 6.45) is 5.37. The maximum atomic E-state index is 11.2. The van der Waals surface area contributed by atoms with Crippen molar-refractivity contribution in [1.82, 2.24) is 0 Å². The lowest BCUT2D eigenvalue weighted by molar-refractivity contribution is -0.148. The van der Waals surface area contributed by atoms with Gasteiger partial charge in [-0.25, -0.2) is 0 Å². The van der Waals surface area contributed by atoms with E-state index >= 15 is 0 Å². The highest BCUT2D eigenvalue weighted by molar-refractivity contribution is 5.69. The van der Waals surface area contributed by atoms with E-state index < -0.39 is 0 Å². The predicted octanol–water partition coefficient (Wildman–Crippen LogP) is 2.06. The Morgan fingerprint density at radius 3 is 3.07 bits per heavy atom. The fourth-order valence-corrected chi connectivity index (χ4v) is 1.66. The highest BCUT2D eigenvalue weighted by Crippen LogP contribution is 2.21. The van der Waals surface area contributed by atoms with Gasteiger partial charge in [0.05, 0.1) is 25.2 Å². The van der Waals surface area contributed by atoms with Crippen LogP contribution < -0.4 is 0 Å². The Bertz CT molecular complexity index is 201. The molecule has 1 saturated heterocycles. The van der Waals surface area contributed by atoms with Gasteiger partial charge in [0.15, 0.2) is 0 Å². The average molecular weight is 198 g/mol. The van der Waals surface area contributed by atoms with Gasteiger partial charge in [0, 0.05) is 0 Å². The van der Waals surface area contributed by atoms with E-state index in [9.17, 15) is 4.79 Å². The van der Waals surface area contributed by atoms with Crippen LogP contribution in [0.3, 0.4) is 0 Å². The molecule has 0 unspecified atom stereocenters. The standard InChI is InChI=1S/C11H18O3/c1-3-9-6-5-7-10(14-9)8-11(12)13-4-2/h3,9-10H,1,4-8H2,2H3/t9-,10-/m0/s1. The zero-order chi connectivity index (χ0) is 10.4. The highest BCUT2D eigenvalue weighted by Gasteiger charge is 2.22. The van der Waals surface area contributed by atoms with Crippen LogP contribution in [0.2, 0.25) is 0 Å². The number of carbonyl (C=O) groups excluding carboxylic acids is 1. The van der Waals surface area contributed by atoms with Crippen molar-refractivity contribution in [3.63, 3.8) is 0 Å². The summed E-state index contributed by atoms with van der Waals surface area (Å²) in [5.41, 5.74) is 0. The molecule has 1 heterocycles. The Morgan fingerprint density at radius 2 is 2.43 bits per heavy atom. The molecule has 0 aromatic carbocycles. The van der Waals surface area contributed by atoms with Crippen molar-refractivity contribution in [3.8, 4) is 0 Å². The SMILES string of the molecule is C=C[C@H]1CCC[C@@H](CC(=O)OCC)O1. The van der Waals surface area contributed by atoms with E-state index in [-0.39, 0.29) is 18.2 Å². The number of carbonyl (C=O) groups is 1. The summed E-state index contributed by atoms with van der Waals surface area (Å²) in [6.45, 7) is 5.95. The summed E-state index contributed by atoms with van der Waals surface area (Å²) in [4.78, 5) is 11.2. The molecule has 14 heavy (non-hydrogen) atoms. The molecule has 0 aromatic heterocycles. The van der Waals surface area contributed by atoms with Crippen molar-refractivity contribution in [2.45, 2.75) is 44.8 Å². The number of esters is 1. The second kappa shape index (κ2) is 5.81. The van der Waals surface area contributed by atoms with Gasteiger partial charge in [0.1, 0.15) is 0 Å². The molecule has 1 fully saturated rings. The maximum Gasteiger partial charge on any atom is 0.308 e. The van der Waals surface area contributed by atoms with Gasteiger partial charge in [-0.05, 0) is 26.2 Å². The Hall–Kier alpha value is -0.830. The van der Waals surface area contributed by atoms with Gasteiger partial charge in [0.25, 0.3) is 0 Å². The van der Waals surface area contributed by atoms with E-state index in [0.717, 1.165) is 19.3 Å². The Kier molecular flexibility index (Phi) is 4.66. The third-order valence-electron chi connectivity index (χ3n) is 2.34. The first-order valence-electron chi connectivity index (χ1n) is 5.20. The molecule has 3 nitrogen and oxygen atoms in total. The van der Waals surface area contributed by atoms with Gasteiger partial charge < -0.3 is 9.47 Å². The summed E-state index contributed by atoms with van der Waals surface area (Å²) < 4.78 is 10.5. The van der Waals surface area contributed by atoms with Crippen molar-refractivity contribution in [2.75, 3.05) is 6.61 Å². The minimum Gasteiger partial charge on any atom is -0.466 e. The van der Waals surface area contributed by atoms with Gasteiger partial charge in [-0.15, -0.1) is 6.58 Å². The fraction of sp³-hybridized carbons (Fsp3) is 0.727. The maximum absolute atomic E-state index is 11.2. The number of rotatable bonds is 4. The zero-order valence-electron chi connectivity index (χ0n) is 8.70. The van der Waals surface area contributed by atoms with E-state index in [2.05, 4.69) is 6.58 Å². The summed E-state index contributed by atoms with van der Waals surface area (Å²) >= 11 is 0. The smallest absolute Gasteiger partial charge is 0.308 e. The average Bonchev–Trinajstić information content (AvgIpc) is 2.18. The normalized spacial score (nSPS) is 26.9. The van der Waals surface area contributed by atoms with E-state index in [1.807, 2.05) is 6.92 Å². The topological polar surface area (TPSA) is 35.5 Å². The van der Waals surface area contributed by atoms with Crippen molar-refractivity contribution in [2.24, 2.45) is 0 Å². The van der Waals surface area contributed by atoms with Crippen LogP contribution in [0, 0.1) is 0 Å². The molecular formula is C11H18O3. The van der Waals surface area contributed by atoms with Gasteiger partial charge in [0.2, 0.25) is 0 Å². The summed E-state index contributed by atoms with van der Waals surface area (Å²) in [5.74, 6) is -0.165. The van der Waals surface area contributed by atoms with E-state index in [1.165, 1.54) is 0 Å². The van der Waals surface area contributed by atoms with Crippen molar-refractivity contribution in [3.05, 3.63) is 12.7 Å². The molecule has 0 aliphatic carbocycles. The Morgan fingerprint density at radius 1 is 1.64 bits per heavy atom. The fourth-order valence-electron chi connectivity index (χ4n) is 1.66. The van der Waals surface area contributed by atoms with Gasteiger partial charge >= 0.3 is 5.97 Å². The van der Waals surface area contributed by atoms with Crippen LogP contribution in [-0.4, -0.2) is 24.8 Å². The second-order valence-corrected chi connectivity index (χ2v) is 3.47. The molecule has 1 rings (SSSR count). The van der Waals surface area contributed by atoms with Gasteiger partial charge in [-0.1, -0.05) is 6.08 Å². The third kappa shape index (κ3) is 3.50. The lowest BCUT2D eigenvalue weighted by Gasteiger charge is -2.27. The molecule has 0 bridgehead atoms. The third-order valence-corrected chi connectivity index (χ3v) is 2.34. The first-order valence-corrected chi connectivity index (χ1v) is 5.20. The minimum atomic E-state index is -0.165. The van der Waals surface area contributed by atoms with Crippen LogP contribution in [0.5, 0.6) is 0 Å². The van der Waals surface area contributed by atoms with Crippen molar-refractivity contribution in [1.29, 1.82) is 0 Å². The van der Waals surface area contributed by atoms with Crippen molar-refractivity contribution >= 4 is 5.97 Å². The summed E-state index contributed by atoms with van der Waals surface area (Å²) in [5, 5.41) is 0. The van der Waals surface area contributed by atoms with Crippen LogP contribution in [0.25, 0.3) is 0 Å². The molecule has 0 aromatic rings. The summed E-state index contributed by atoms with van der Waals surface area (Å²) in [7, 11) is 0. The molecular weight excluding hydrogens is 180 g/mol. The van der Waals surface area contributed by atoms with E-state index in [1.54, 1.807) is 6.08 Å². The quantitative estimate of drug-likeness (QED) is 0.512. The highest BCUT2D eigenvalue weighted by atomic mass is 16.5. The van der Waals surface area contributed by atoms with Crippen LogP contribution in [0.1, 0.15) is 32.6 Å². The first kappa shape index (κ1) is 11.2. The number of ether oxygens (including phenoxy) is 2. The summed E-state index contributed by atoms with van der Waals surface area (Å²) in [6, 6.07) is 0. The van der Waals surface area contributed by atoms with E-state index in [4.69, 9.17) is 9.47 Å². The predicted molar refractivity (Wildman–Crippen MR) is 54.0 cm³/mol. The first-order chi connectivity index (χ1) is 6.76. The molecule has 1 aliphatic rings. The molecule has 0 saturated carbocycles. The minimum absolute atomic E-state index is 0.0193. The number of hydrogen-bond acceptors (Lipinski definition) is 3. The lowest BCUT2D eigenvalue weighted by Crippen LogP contribution is -2.28. The molecule has 0 spiro atoms. The van der Waals surface area contributed by atoms with E-state index in [0.29, 0.717) is 13.0 Å². The number of hydrogen-bond donors (Lipinski definition) is 0. The van der Waals surface area contributed by atoms with Crippen molar-refractivity contribution < 1.29 is 14.3 Å². The second-order valence-electron chi connectivity index (χ2n) is 3.47. The largest absolute Gasteiger partial charge is 0.466 e.